The van der Waals surface area contributed by atoms with Crippen LogP contribution >= 0.6 is 0 Å². The Kier molecular flexibility index (Phi) is 2.31. The quantitative estimate of drug-likeness (QED) is 0.709. The van der Waals surface area contributed by atoms with Crippen LogP contribution in [0.25, 0.3) is 5.65 Å². The predicted octanol–water partition coefficient (Wildman–Crippen LogP) is 1.36. The van der Waals surface area contributed by atoms with Crippen molar-refractivity contribution in [1.82, 2.24) is 25.1 Å². The zero-order chi connectivity index (χ0) is 12.7. The molecule has 1 N–H and O–H groups in total. The van der Waals surface area contributed by atoms with Crippen LogP contribution in [0.2, 0.25) is 0 Å². The Bertz CT molecular complexity index is 733. The molecule has 5 heteroatoms. The van der Waals surface area contributed by atoms with Crippen LogP contribution in [-0.2, 0) is 6.54 Å². The molecule has 3 aromatic rings. The normalized spacial score (nSPS) is 18.4. The second kappa shape index (κ2) is 4.13. The van der Waals surface area contributed by atoms with Crippen LogP contribution in [0.4, 0.5) is 0 Å². The second-order valence-corrected chi connectivity index (χ2v) is 4.73. The number of aromatic nitrogens is 4. The van der Waals surface area contributed by atoms with Crippen LogP contribution < -0.4 is 5.32 Å². The SMILES string of the molecule is c1ccc2c(c1)CNCC2c1nnc2cccnn12. The van der Waals surface area contributed by atoms with Crippen molar-refractivity contribution in [3.63, 3.8) is 0 Å². The average molecular weight is 251 g/mol. The van der Waals surface area contributed by atoms with E-state index in [0.717, 1.165) is 24.6 Å². The topological polar surface area (TPSA) is 55.1 Å². The maximum Gasteiger partial charge on any atom is 0.177 e. The van der Waals surface area contributed by atoms with Crippen molar-refractivity contribution in [1.29, 1.82) is 0 Å². The van der Waals surface area contributed by atoms with E-state index in [1.165, 1.54) is 11.1 Å². The molecule has 0 spiro atoms. The number of rotatable bonds is 1. The minimum atomic E-state index is 0.204. The molecule has 0 saturated heterocycles. The first-order valence-corrected chi connectivity index (χ1v) is 6.38. The average Bonchev–Trinajstić information content (AvgIpc) is 2.90. The summed E-state index contributed by atoms with van der Waals surface area (Å²) in [6.45, 7) is 1.78. The highest BCUT2D eigenvalue weighted by Gasteiger charge is 2.25. The van der Waals surface area contributed by atoms with E-state index in [1.54, 1.807) is 6.20 Å². The predicted molar refractivity (Wildman–Crippen MR) is 70.8 cm³/mol. The van der Waals surface area contributed by atoms with E-state index in [4.69, 9.17) is 0 Å². The minimum absolute atomic E-state index is 0.204. The molecular formula is C14H13N5. The molecule has 4 rings (SSSR count). The second-order valence-electron chi connectivity index (χ2n) is 4.73. The molecule has 94 valence electrons. The molecule has 1 aromatic carbocycles. The van der Waals surface area contributed by atoms with Crippen LogP contribution in [0.15, 0.2) is 42.6 Å². The third kappa shape index (κ3) is 1.62. The zero-order valence-corrected chi connectivity index (χ0v) is 10.3. The van der Waals surface area contributed by atoms with Gasteiger partial charge < -0.3 is 5.32 Å². The van der Waals surface area contributed by atoms with Gasteiger partial charge in [-0.2, -0.15) is 9.61 Å². The number of hydrogen-bond donors (Lipinski definition) is 1. The molecule has 1 aliphatic rings. The summed E-state index contributed by atoms with van der Waals surface area (Å²) >= 11 is 0. The maximum atomic E-state index is 4.35. The number of nitrogens with one attached hydrogen (secondary N) is 1. The van der Waals surface area contributed by atoms with E-state index < -0.39 is 0 Å². The lowest BCUT2D eigenvalue weighted by Crippen LogP contribution is -2.30. The van der Waals surface area contributed by atoms with Crippen molar-refractivity contribution < 1.29 is 0 Å². The first-order chi connectivity index (χ1) is 9.43. The molecule has 0 fully saturated rings. The van der Waals surface area contributed by atoms with E-state index in [9.17, 15) is 0 Å². The van der Waals surface area contributed by atoms with Crippen molar-refractivity contribution in [2.24, 2.45) is 0 Å². The Balaban J connectivity index is 1.90. The first kappa shape index (κ1) is 10.6. The minimum Gasteiger partial charge on any atom is -0.312 e. The summed E-state index contributed by atoms with van der Waals surface area (Å²) in [7, 11) is 0. The fourth-order valence-corrected chi connectivity index (χ4v) is 2.70. The Morgan fingerprint density at radius 2 is 2.05 bits per heavy atom. The van der Waals surface area contributed by atoms with Crippen molar-refractivity contribution in [2.75, 3.05) is 6.54 Å². The fourth-order valence-electron chi connectivity index (χ4n) is 2.70. The lowest BCUT2D eigenvalue weighted by atomic mass is 9.90. The molecular weight excluding hydrogens is 238 g/mol. The fraction of sp³-hybridized carbons (Fsp3) is 0.214. The molecule has 5 nitrogen and oxygen atoms in total. The molecule has 1 atom stereocenters. The van der Waals surface area contributed by atoms with Crippen LogP contribution in [0.5, 0.6) is 0 Å². The van der Waals surface area contributed by atoms with Gasteiger partial charge >= 0.3 is 0 Å². The largest absolute Gasteiger partial charge is 0.312 e. The van der Waals surface area contributed by atoms with Gasteiger partial charge in [0.15, 0.2) is 11.5 Å². The lowest BCUT2D eigenvalue weighted by Gasteiger charge is -2.24. The highest BCUT2D eigenvalue weighted by atomic mass is 15.4. The van der Waals surface area contributed by atoms with Crippen LogP contribution in [-0.4, -0.2) is 26.4 Å². The summed E-state index contributed by atoms with van der Waals surface area (Å²) in [5.74, 6) is 1.10. The molecule has 0 radical (unpaired) electrons. The Labute approximate surface area is 110 Å². The summed E-state index contributed by atoms with van der Waals surface area (Å²) in [4.78, 5) is 0. The first-order valence-electron chi connectivity index (χ1n) is 6.38. The molecule has 1 unspecified atom stereocenters. The van der Waals surface area contributed by atoms with Gasteiger partial charge in [-0.25, -0.2) is 0 Å². The van der Waals surface area contributed by atoms with Crippen LogP contribution in [0.3, 0.4) is 0 Å². The summed E-state index contributed by atoms with van der Waals surface area (Å²) in [5.41, 5.74) is 3.44. The van der Waals surface area contributed by atoms with E-state index in [0.29, 0.717) is 0 Å². The maximum absolute atomic E-state index is 4.35. The molecule has 3 heterocycles. The van der Waals surface area contributed by atoms with Gasteiger partial charge in [0.1, 0.15) is 0 Å². The lowest BCUT2D eigenvalue weighted by molar-refractivity contribution is 0.562. The van der Waals surface area contributed by atoms with Crippen molar-refractivity contribution >= 4 is 5.65 Å². The number of nitrogens with zero attached hydrogens (tertiary/aromatic N) is 4. The monoisotopic (exact) mass is 251 g/mol. The molecule has 0 saturated carbocycles. The Hall–Kier alpha value is -2.27. The van der Waals surface area contributed by atoms with Crippen molar-refractivity contribution in [3.8, 4) is 0 Å². The van der Waals surface area contributed by atoms with Crippen molar-refractivity contribution in [2.45, 2.75) is 12.5 Å². The van der Waals surface area contributed by atoms with E-state index in [-0.39, 0.29) is 5.92 Å². The summed E-state index contributed by atoms with van der Waals surface area (Å²) in [6, 6.07) is 12.3. The van der Waals surface area contributed by atoms with Gasteiger partial charge in [0, 0.05) is 19.3 Å². The van der Waals surface area contributed by atoms with E-state index in [1.807, 2.05) is 16.6 Å². The summed E-state index contributed by atoms with van der Waals surface area (Å²) in [6.07, 6.45) is 1.77. The molecule has 0 amide bonds. The Morgan fingerprint density at radius 3 is 3.05 bits per heavy atom. The van der Waals surface area contributed by atoms with Crippen molar-refractivity contribution in [3.05, 3.63) is 59.5 Å². The molecule has 19 heavy (non-hydrogen) atoms. The molecule has 0 bridgehead atoms. The van der Waals surface area contributed by atoms with E-state index >= 15 is 0 Å². The van der Waals surface area contributed by atoms with Gasteiger partial charge in [-0.15, -0.1) is 10.2 Å². The smallest absolute Gasteiger partial charge is 0.177 e. The standard InChI is InChI=1S/C14H13N5/c1-2-5-11-10(4-1)8-15-9-12(11)14-18-17-13-6-3-7-16-19(13)14/h1-7,12,15H,8-9H2. The molecule has 2 aromatic heterocycles. The van der Waals surface area contributed by atoms with Gasteiger partial charge in [0.05, 0.1) is 5.92 Å². The molecule has 1 aliphatic heterocycles. The summed E-state index contributed by atoms with van der Waals surface area (Å²) < 4.78 is 1.83. The van der Waals surface area contributed by atoms with Gasteiger partial charge in [0.25, 0.3) is 0 Å². The highest BCUT2D eigenvalue weighted by Crippen LogP contribution is 2.28. The third-order valence-corrected chi connectivity index (χ3v) is 3.61. The van der Waals surface area contributed by atoms with E-state index in [2.05, 4.69) is 44.9 Å². The van der Waals surface area contributed by atoms with Gasteiger partial charge in [-0.1, -0.05) is 24.3 Å². The highest BCUT2D eigenvalue weighted by molar-refractivity contribution is 5.40. The number of fused-ring (bicyclic) bond motifs is 2. The molecule has 0 aliphatic carbocycles. The van der Waals surface area contributed by atoms with Gasteiger partial charge in [-0.3, -0.25) is 0 Å². The van der Waals surface area contributed by atoms with Gasteiger partial charge in [0.2, 0.25) is 0 Å². The van der Waals surface area contributed by atoms with Crippen LogP contribution in [0.1, 0.15) is 22.9 Å². The zero-order valence-electron chi connectivity index (χ0n) is 10.3. The van der Waals surface area contributed by atoms with Crippen LogP contribution in [0, 0.1) is 0 Å². The third-order valence-electron chi connectivity index (χ3n) is 3.61. The summed E-state index contributed by atoms with van der Waals surface area (Å²) in [5, 5.41) is 16.3. The van der Waals surface area contributed by atoms with Gasteiger partial charge in [-0.05, 0) is 23.3 Å². The number of hydrogen-bond acceptors (Lipinski definition) is 4. The number of benzene rings is 1. The Morgan fingerprint density at radius 1 is 1.11 bits per heavy atom.